The lowest BCUT2D eigenvalue weighted by molar-refractivity contribution is 0.0902. The second-order valence-corrected chi connectivity index (χ2v) is 4.38. The minimum atomic E-state index is -0.903. The summed E-state index contributed by atoms with van der Waals surface area (Å²) in [4.78, 5) is 12.2. The molecule has 2 N–H and O–H groups in total. The molecule has 0 unspecified atom stereocenters. The quantitative estimate of drug-likeness (QED) is 0.691. The third-order valence-electron chi connectivity index (χ3n) is 2.10. The van der Waals surface area contributed by atoms with Gasteiger partial charge in [-0.05, 0) is 6.42 Å². The largest absolute Gasteiger partial charge is 0.465 e. The van der Waals surface area contributed by atoms with E-state index >= 15 is 0 Å². The molecular formula is C10H21NO3. The number of hydrogen-bond donors (Lipinski definition) is 2. The summed E-state index contributed by atoms with van der Waals surface area (Å²) < 4.78 is 0. The Morgan fingerprint density at radius 1 is 1.43 bits per heavy atom. The molecule has 0 heterocycles. The van der Waals surface area contributed by atoms with Crippen LogP contribution in [-0.2, 0) is 0 Å². The van der Waals surface area contributed by atoms with Gasteiger partial charge in [-0.15, -0.1) is 0 Å². The normalized spacial score (nSPS) is 11.4. The predicted octanol–water partition coefficient (Wildman–Crippen LogP) is 1.79. The number of carbonyl (C=O) groups is 1. The summed E-state index contributed by atoms with van der Waals surface area (Å²) in [6.45, 7) is 6.68. The fourth-order valence-corrected chi connectivity index (χ4v) is 1.16. The van der Waals surface area contributed by atoms with Crippen LogP contribution in [0.25, 0.3) is 0 Å². The van der Waals surface area contributed by atoms with Gasteiger partial charge in [0.2, 0.25) is 0 Å². The molecule has 0 spiro atoms. The van der Waals surface area contributed by atoms with Crippen molar-refractivity contribution >= 4 is 6.09 Å². The Balaban J connectivity index is 4.15. The lowest BCUT2D eigenvalue weighted by atomic mass is 9.94. The topological polar surface area (TPSA) is 60.8 Å². The third-order valence-corrected chi connectivity index (χ3v) is 2.10. The van der Waals surface area contributed by atoms with E-state index in [1.165, 1.54) is 4.90 Å². The molecule has 0 aromatic heterocycles. The maximum atomic E-state index is 10.8. The maximum Gasteiger partial charge on any atom is 0.407 e. The minimum absolute atomic E-state index is 0.00288. The standard InChI is InChI=1S/C10H21NO3/c1-4-5-6-11(9(13)14)7-10(2,3)8-12/h12H,4-8H2,1-3H3,(H,13,14). The zero-order valence-electron chi connectivity index (χ0n) is 9.29. The van der Waals surface area contributed by atoms with Crippen LogP contribution in [0.3, 0.4) is 0 Å². The van der Waals surface area contributed by atoms with Crippen molar-refractivity contribution in [2.45, 2.75) is 33.6 Å². The van der Waals surface area contributed by atoms with E-state index in [-0.39, 0.29) is 12.0 Å². The first kappa shape index (κ1) is 13.2. The van der Waals surface area contributed by atoms with Crippen LogP contribution >= 0.6 is 0 Å². The smallest absolute Gasteiger partial charge is 0.407 e. The number of nitrogens with zero attached hydrogens (tertiary/aromatic N) is 1. The number of unbranched alkanes of at least 4 members (excludes halogenated alkanes) is 1. The highest BCUT2D eigenvalue weighted by Crippen LogP contribution is 2.16. The molecule has 0 radical (unpaired) electrons. The van der Waals surface area contributed by atoms with Crippen LogP contribution in [0.1, 0.15) is 33.6 Å². The Hall–Kier alpha value is -0.770. The van der Waals surface area contributed by atoms with Crippen molar-refractivity contribution in [3.8, 4) is 0 Å². The van der Waals surface area contributed by atoms with E-state index in [2.05, 4.69) is 0 Å². The van der Waals surface area contributed by atoms with Gasteiger partial charge in [0.05, 0.1) is 0 Å². The third kappa shape index (κ3) is 5.07. The molecule has 0 rings (SSSR count). The minimum Gasteiger partial charge on any atom is -0.465 e. The molecule has 4 nitrogen and oxygen atoms in total. The molecule has 0 saturated carbocycles. The van der Waals surface area contributed by atoms with E-state index in [0.717, 1.165) is 12.8 Å². The summed E-state index contributed by atoms with van der Waals surface area (Å²) in [5, 5.41) is 17.9. The molecule has 0 aliphatic carbocycles. The van der Waals surface area contributed by atoms with Gasteiger partial charge in [0, 0.05) is 25.1 Å². The van der Waals surface area contributed by atoms with Gasteiger partial charge in [0.25, 0.3) is 0 Å². The molecule has 0 aliphatic heterocycles. The van der Waals surface area contributed by atoms with Crippen molar-refractivity contribution in [1.82, 2.24) is 4.90 Å². The monoisotopic (exact) mass is 203 g/mol. The molecule has 0 atom stereocenters. The van der Waals surface area contributed by atoms with Gasteiger partial charge in [-0.1, -0.05) is 27.2 Å². The van der Waals surface area contributed by atoms with E-state index < -0.39 is 6.09 Å². The molecule has 0 aromatic rings. The average Bonchev–Trinajstić information content (AvgIpc) is 2.12. The summed E-state index contributed by atoms with van der Waals surface area (Å²) in [7, 11) is 0. The summed E-state index contributed by atoms with van der Waals surface area (Å²) in [5.41, 5.74) is -0.355. The van der Waals surface area contributed by atoms with Gasteiger partial charge in [-0.3, -0.25) is 0 Å². The number of aliphatic hydroxyl groups is 1. The molecule has 0 bridgehead atoms. The van der Waals surface area contributed by atoms with Crippen LogP contribution in [0.2, 0.25) is 0 Å². The van der Waals surface area contributed by atoms with Crippen LogP contribution in [0.5, 0.6) is 0 Å². The SMILES string of the molecule is CCCCN(CC(C)(C)CO)C(=O)O. The number of amides is 1. The first-order valence-electron chi connectivity index (χ1n) is 5.01. The van der Waals surface area contributed by atoms with E-state index in [1.807, 2.05) is 20.8 Å². The zero-order chi connectivity index (χ0) is 11.2. The lowest BCUT2D eigenvalue weighted by Crippen LogP contribution is -2.40. The van der Waals surface area contributed by atoms with Crippen molar-refractivity contribution in [1.29, 1.82) is 0 Å². The average molecular weight is 203 g/mol. The second kappa shape index (κ2) is 5.86. The van der Waals surface area contributed by atoms with Gasteiger partial charge in [0.15, 0.2) is 0 Å². The number of aliphatic hydroxyl groups excluding tert-OH is 1. The summed E-state index contributed by atoms with van der Waals surface area (Å²) in [6.07, 6.45) is 0.942. The molecule has 0 aromatic carbocycles. The van der Waals surface area contributed by atoms with Crippen molar-refractivity contribution in [2.24, 2.45) is 5.41 Å². The molecule has 14 heavy (non-hydrogen) atoms. The van der Waals surface area contributed by atoms with Crippen LogP contribution < -0.4 is 0 Å². The van der Waals surface area contributed by atoms with E-state index in [9.17, 15) is 4.79 Å². The molecule has 0 aliphatic rings. The summed E-state index contributed by atoms with van der Waals surface area (Å²) in [6, 6.07) is 0. The van der Waals surface area contributed by atoms with Gasteiger partial charge in [-0.2, -0.15) is 0 Å². The highest BCUT2D eigenvalue weighted by Gasteiger charge is 2.23. The zero-order valence-corrected chi connectivity index (χ0v) is 9.29. The van der Waals surface area contributed by atoms with Crippen LogP contribution in [0.15, 0.2) is 0 Å². The Morgan fingerprint density at radius 2 is 2.00 bits per heavy atom. The Morgan fingerprint density at radius 3 is 2.36 bits per heavy atom. The van der Waals surface area contributed by atoms with E-state index in [4.69, 9.17) is 10.2 Å². The number of rotatable bonds is 6. The predicted molar refractivity (Wildman–Crippen MR) is 55.4 cm³/mol. The van der Waals surface area contributed by atoms with Crippen molar-refractivity contribution in [3.63, 3.8) is 0 Å². The molecule has 84 valence electrons. The Labute approximate surface area is 85.5 Å². The van der Waals surface area contributed by atoms with Crippen LogP contribution in [0.4, 0.5) is 4.79 Å². The number of carboxylic acid groups (broad SMARTS) is 1. The highest BCUT2D eigenvalue weighted by atomic mass is 16.4. The molecular weight excluding hydrogens is 182 g/mol. The van der Waals surface area contributed by atoms with Crippen LogP contribution in [-0.4, -0.2) is 40.9 Å². The highest BCUT2D eigenvalue weighted by molar-refractivity contribution is 5.64. The van der Waals surface area contributed by atoms with Crippen molar-refractivity contribution in [2.75, 3.05) is 19.7 Å². The molecule has 0 saturated heterocycles. The number of hydrogen-bond acceptors (Lipinski definition) is 2. The van der Waals surface area contributed by atoms with Gasteiger partial charge in [0.1, 0.15) is 0 Å². The first-order valence-corrected chi connectivity index (χ1v) is 5.01. The lowest BCUT2D eigenvalue weighted by Gasteiger charge is -2.29. The fourth-order valence-electron chi connectivity index (χ4n) is 1.16. The van der Waals surface area contributed by atoms with Gasteiger partial charge < -0.3 is 15.1 Å². The van der Waals surface area contributed by atoms with Crippen LogP contribution in [0, 0.1) is 5.41 Å². The van der Waals surface area contributed by atoms with E-state index in [1.54, 1.807) is 0 Å². The molecule has 1 amide bonds. The summed E-state index contributed by atoms with van der Waals surface area (Å²) >= 11 is 0. The van der Waals surface area contributed by atoms with E-state index in [0.29, 0.717) is 13.1 Å². The fraction of sp³-hybridized carbons (Fsp3) is 0.900. The molecule has 0 fully saturated rings. The molecule has 4 heteroatoms. The Bertz CT molecular complexity index is 180. The first-order chi connectivity index (χ1) is 6.43. The van der Waals surface area contributed by atoms with Crippen molar-refractivity contribution < 1.29 is 15.0 Å². The Kier molecular flexibility index (Phi) is 5.53. The summed E-state index contributed by atoms with van der Waals surface area (Å²) in [5.74, 6) is 0. The maximum absolute atomic E-state index is 10.8. The van der Waals surface area contributed by atoms with Crippen molar-refractivity contribution in [3.05, 3.63) is 0 Å². The van der Waals surface area contributed by atoms with Gasteiger partial charge >= 0.3 is 6.09 Å². The van der Waals surface area contributed by atoms with Gasteiger partial charge in [-0.25, -0.2) is 4.79 Å². The second-order valence-electron chi connectivity index (χ2n) is 4.38.